The van der Waals surface area contributed by atoms with Gasteiger partial charge in [-0.15, -0.1) is 69.6 Å². The zero-order valence-corrected chi connectivity index (χ0v) is 32.8. The highest BCUT2D eigenvalue weighted by molar-refractivity contribution is 7.49. The van der Waals surface area contributed by atoms with Crippen molar-refractivity contribution in [3.63, 3.8) is 0 Å². The first kappa shape index (κ1) is 47.1. The molecule has 0 aromatic rings. The van der Waals surface area contributed by atoms with Gasteiger partial charge in [0.15, 0.2) is 0 Å². The van der Waals surface area contributed by atoms with E-state index in [9.17, 15) is 13.7 Å². The van der Waals surface area contributed by atoms with Crippen LogP contribution in [0.25, 0.3) is 0 Å². The van der Waals surface area contributed by atoms with Gasteiger partial charge in [0.2, 0.25) is 0 Å². The topological polar surface area (TPSA) is 134 Å². The van der Waals surface area contributed by atoms with Crippen molar-refractivity contribution in [1.29, 1.82) is 0 Å². The fourth-order valence-electron chi connectivity index (χ4n) is 2.80. The van der Waals surface area contributed by atoms with E-state index in [1.54, 1.807) is 6.92 Å². The molecule has 0 rings (SSSR count). The standard InChI is InChI=1S/C24H47Cl6O12P3/c1-2-24(21-40-43(31,34-15-3-9-25)35-16-4-10-26,22-41-44(32,36-17-5-11-27)37-18-6-12-28)23-42-45(33,38-19-7-13-29)39-20-8-14-30/h2-23H2,1H3. The Balaban J connectivity index is 6.23. The average Bonchev–Trinajstić information content (AvgIpc) is 3.02. The molecule has 0 saturated heterocycles. The van der Waals surface area contributed by atoms with Crippen molar-refractivity contribution < 1.29 is 54.4 Å². The molecule has 0 radical (unpaired) electrons. The van der Waals surface area contributed by atoms with E-state index in [2.05, 4.69) is 0 Å². The molecule has 45 heavy (non-hydrogen) atoms. The summed E-state index contributed by atoms with van der Waals surface area (Å²) in [5, 5.41) is 0. The molecule has 0 spiro atoms. The lowest BCUT2D eigenvalue weighted by Gasteiger charge is -2.34. The van der Waals surface area contributed by atoms with Gasteiger partial charge in [0.1, 0.15) is 0 Å². The van der Waals surface area contributed by atoms with Crippen LogP contribution in [0, 0.1) is 5.41 Å². The van der Waals surface area contributed by atoms with Crippen molar-refractivity contribution in [2.75, 3.05) is 94.7 Å². The number of hydrogen-bond acceptors (Lipinski definition) is 12. The van der Waals surface area contributed by atoms with Crippen LogP contribution in [0.1, 0.15) is 51.9 Å². The maximum absolute atomic E-state index is 13.5. The highest BCUT2D eigenvalue weighted by Gasteiger charge is 2.41. The second-order valence-electron chi connectivity index (χ2n) is 9.27. The molecule has 12 nitrogen and oxygen atoms in total. The van der Waals surface area contributed by atoms with Gasteiger partial charge < -0.3 is 0 Å². The van der Waals surface area contributed by atoms with E-state index in [0.717, 1.165) is 0 Å². The van der Waals surface area contributed by atoms with E-state index in [0.29, 0.717) is 38.5 Å². The summed E-state index contributed by atoms with van der Waals surface area (Å²) in [6.45, 7) is 0.500. The zero-order valence-electron chi connectivity index (χ0n) is 25.6. The lowest BCUT2D eigenvalue weighted by atomic mass is 9.88. The lowest BCUT2D eigenvalue weighted by molar-refractivity contribution is -0.0164. The van der Waals surface area contributed by atoms with Gasteiger partial charge >= 0.3 is 23.5 Å². The van der Waals surface area contributed by atoms with Crippen LogP contribution in [-0.4, -0.2) is 94.7 Å². The van der Waals surface area contributed by atoms with E-state index in [4.69, 9.17) is 110 Å². The van der Waals surface area contributed by atoms with Gasteiger partial charge in [0, 0.05) is 40.7 Å². The van der Waals surface area contributed by atoms with Crippen LogP contribution in [0.2, 0.25) is 0 Å². The van der Waals surface area contributed by atoms with Gasteiger partial charge in [-0.1, -0.05) is 6.92 Å². The van der Waals surface area contributed by atoms with Crippen molar-refractivity contribution in [3.8, 4) is 0 Å². The van der Waals surface area contributed by atoms with Crippen LogP contribution in [0.3, 0.4) is 0 Å². The number of rotatable bonds is 34. The summed E-state index contributed by atoms with van der Waals surface area (Å²) in [5.74, 6) is 1.55. The Morgan fingerprint density at radius 1 is 0.400 bits per heavy atom. The Morgan fingerprint density at radius 2 is 0.600 bits per heavy atom. The van der Waals surface area contributed by atoms with Crippen molar-refractivity contribution >= 4 is 93.1 Å². The Morgan fingerprint density at radius 3 is 0.756 bits per heavy atom. The molecular weight excluding hydrogens is 786 g/mol. The van der Waals surface area contributed by atoms with E-state index in [-0.39, 0.29) is 81.3 Å². The summed E-state index contributed by atoms with van der Waals surface area (Å²) in [6, 6.07) is 0. The minimum atomic E-state index is -4.15. The molecular formula is C24H47Cl6O12P3. The van der Waals surface area contributed by atoms with E-state index < -0.39 is 48.7 Å². The first-order valence-corrected chi connectivity index (χ1v) is 22.1. The number of alkyl halides is 6. The zero-order chi connectivity index (χ0) is 33.9. The van der Waals surface area contributed by atoms with Crippen molar-refractivity contribution in [3.05, 3.63) is 0 Å². The van der Waals surface area contributed by atoms with Gasteiger partial charge in [-0.2, -0.15) is 0 Å². The largest absolute Gasteiger partial charge is 0.474 e. The molecule has 0 aliphatic carbocycles. The minimum absolute atomic E-state index is 0.0101. The van der Waals surface area contributed by atoms with Crippen LogP contribution < -0.4 is 0 Å². The third-order valence-electron chi connectivity index (χ3n) is 5.50. The number of phosphoric acid groups is 3. The fraction of sp³-hybridized carbons (Fsp3) is 1.00. The Kier molecular flexibility index (Phi) is 30.1. The number of hydrogen-bond donors (Lipinski definition) is 0. The molecule has 0 N–H and O–H groups in total. The minimum Gasteiger partial charge on any atom is -0.287 e. The van der Waals surface area contributed by atoms with E-state index in [1.807, 2.05) is 0 Å². The number of halogens is 6. The van der Waals surface area contributed by atoms with Crippen molar-refractivity contribution in [1.82, 2.24) is 0 Å². The molecule has 272 valence electrons. The highest BCUT2D eigenvalue weighted by atomic mass is 35.5. The Bertz CT molecular complexity index is 722. The van der Waals surface area contributed by atoms with Gasteiger partial charge in [0.05, 0.1) is 59.5 Å². The summed E-state index contributed by atoms with van der Waals surface area (Å²) in [4.78, 5) is 0. The maximum Gasteiger partial charge on any atom is 0.474 e. The summed E-state index contributed by atoms with van der Waals surface area (Å²) in [5.41, 5.74) is -1.29. The predicted molar refractivity (Wildman–Crippen MR) is 181 cm³/mol. The molecule has 0 aliphatic heterocycles. The lowest BCUT2D eigenvalue weighted by Crippen LogP contribution is -2.36. The van der Waals surface area contributed by atoms with E-state index in [1.165, 1.54) is 0 Å². The van der Waals surface area contributed by atoms with Gasteiger partial charge in [-0.25, -0.2) is 13.7 Å². The summed E-state index contributed by atoms with van der Waals surface area (Å²) < 4.78 is 90.6. The fourth-order valence-corrected chi connectivity index (χ4v) is 7.54. The quantitative estimate of drug-likeness (QED) is 0.0347. The summed E-state index contributed by atoms with van der Waals surface area (Å²) >= 11 is 34.5. The number of phosphoric ester groups is 3. The summed E-state index contributed by atoms with van der Waals surface area (Å²) in [6.07, 6.45) is 2.47. The van der Waals surface area contributed by atoms with Crippen LogP contribution >= 0.6 is 93.1 Å². The average molecular weight is 833 g/mol. The van der Waals surface area contributed by atoms with E-state index >= 15 is 0 Å². The molecule has 0 atom stereocenters. The SMILES string of the molecule is CCC(COP(=O)(OCCCCl)OCCCCl)(COP(=O)(OCCCCl)OCCCCl)COP(=O)(OCCCCl)OCCCCl. The second kappa shape index (κ2) is 28.7. The monoisotopic (exact) mass is 830 g/mol. The maximum atomic E-state index is 13.5. The molecule has 0 amide bonds. The molecule has 0 aromatic heterocycles. The van der Waals surface area contributed by atoms with Crippen LogP contribution in [0.5, 0.6) is 0 Å². The molecule has 0 aromatic carbocycles. The van der Waals surface area contributed by atoms with Crippen LogP contribution in [-0.2, 0) is 54.4 Å². The third kappa shape index (κ3) is 23.2. The Labute approximate surface area is 298 Å². The Hall–Kier alpha value is 2.07. The molecule has 0 saturated carbocycles. The highest BCUT2D eigenvalue weighted by Crippen LogP contribution is 2.56. The van der Waals surface area contributed by atoms with Gasteiger partial charge in [-0.3, -0.25) is 40.7 Å². The predicted octanol–water partition coefficient (Wildman–Crippen LogP) is 9.63. The first-order chi connectivity index (χ1) is 21.5. The molecule has 21 heteroatoms. The molecule has 0 bridgehead atoms. The van der Waals surface area contributed by atoms with Crippen LogP contribution in [0.15, 0.2) is 0 Å². The molecule has 0 heterocycles. The van der Waals surface area contributed by atoms with Gasteiger partial charge in [0.25, 0.3) is 0 Å². The first-order valence-electron chi connectivity index (χ1n) is 14.5. The smallest absolute Gasteiger partial charge is 0.287 e. The molecule has 0 unspecified atom stereocenters. The molecule has 0 aliphatic rings. The van der Waals surface area contributed by atoms with Crippen molar-refractivity contribution in [2.24, 2.45) is 5.41 Å². The van der Waals surface area contributed by atoms with Crippen molar-refractivity contribution in [2.45, 2.75) is 51.9 Å². The normalized spacial score (nSPS) is 13.1. The van der Waals surface area contributed by atoms with Crippen LogP contribution in [0.4, 0.5) is 0 Å². The third-order valence-corrected chi connectivity index (χ3v) is 11.4. The summed E-state index contributed by atoms with van der Waals surface area (Å²) in [7, 11) is -12.5. The molecule has 0 fully saturated rings. The second-order valence-corrected chi connectivity index (χ2v) is 16.5. The van der Waals surface area contributed by atoms with Gasteiger partial charge in [-0.05, 0) is 44.9 Å².